The summed E-state index contributed by atoms with van der Waals surface area (Å²) in [6.45, 7) is 0. The summed E-state index contributed by atoms with van der Waals surface area (Å²) in [6.07, 6.45) is 0.853. The highest BCUT2D eigenvalue weighted by Crippen LogP contribution is 2.30. The van der Waals surface area contributed by atoms with Crippen LogP contribution in [0, 0.1) is 0 Å². The van der Waals surface area contributed by atoms with Crippen molar-refractivity contribution in [3.05, 3.63) is 58.1 Å². The number of halogens is 1. The highest BCUT2D eigenvalue weighted by molar-refractivity contribution is 9.10. The lowest BCUT2D eigenvalue weighted by atomic mass is 10.0. The fourth-order valence-corrected chi connectivity index (χ4v) is 2.11. The molecule has 0 heterocycles. The molecule has 0 radical (unpaired) electrons. The van der Waals surface area contributed by atoms with E-state index in [4.69, 9.17) is 11.5 Å². The Kier molecular flexibility index (Phi) is 3.15. The molecule has 0 fully saturated rings. The Hall–Kier alpha value is -1.48. The summed E-state index contributed by atoms with van der Waals surface area (Å²) in [6, 6.07) is 14.1. The zero-order valence-electron chi connectivity index (χ0n) is 8.78. The molecule has 2 aromatic carbocycles. The van der Waals surface area contributed by atoms with Gasteiger partial charge in [-0.05, 0) is 39.5 Å². The fourth-order valence-electron chi connectivity index (χ4n) is 1.61. The van der Waals surface area contributed by atoms with Crippen LogP contribution < -0.4 is 11.5 Å². The molecule has 2 nitrogen and oxygen atoms in total. The van der Waals surface area contributed by atoms with E-state index in [1.165, 1.54) is 5.56 Å². The molecule has 0 aliphatic heterocycles. The van der Waals surface area contributed by atoms with Crippen molar-refractivity contribution in [3.8, 4) is 0 Å². The van der Waals surface area contributed by atoms with E-state index in [2.05, 4.69) is 28.1 Å². The molecule has 0 spiro atoms. The van der Waals surface area contributed by atoms with Crippen LogP contribution in [-0.4, -0.2) is 0 Å². The average molecular weight is 277 g/mol. The van der Waals surface area contributed by atoms with Gasteiger partial charge in [-0.3, -0.25) is 0 Å². The van der Waals surface area contributed by atoms with E-state index < -0.39 is 0 Å². The molecule has 0 amide bonds. The summed E-state index contributed by atoms with van der Waals surface area (Å²) in [5.41, 5.74) is 15.2. The monoisotopic (exact) mass is 276 g/mol. The van der Waals surface area contributed by atoms with E-state index in [0.29, 0.717) is 11.4 Å². The summed E-state index contributed by atoms with van der Waals surface area (Å²) in [5.74, 6) is 0. The molecule has 0 aliphatic rings. The molecule has 82 valence electrons. The SMILES string of the molecule is Nc1ccc(Cc2ccccc2)c(Br)c1N. The molecule has 0 bridgehead atoms. The van der Waals surface area contributed by atoms with Crippen LogP contribution in [0.2, 0.25) is 0 Å². The summed E-state index contributed by atoms with van der Waals surface area (Å²) in [7, 11) is 0. The second kappa shape index (κ2) is 4.58. The third kappa shape index (κ3) is 2.19. The maximum Gasteiger partial charge on any atom is 0.0695 e. The second-order valence-electron chi connectivity index (χ2n) is 3.70. The molecular weight excluding hydrogens is 264 g/mol. The van der Waals surface area contributed by atoms with Gasteiger partial charge < -0.3 is 11.5 Å². The number of hydrogen-bond donors (Lipinski definition) is 2. The van der Waals surface area contributed by atoms with Gasteiger partial charge in [0.15, 0.2) is 0 Å². The van der Waals surface area contributed by atoms with Crippen molar-refractivity contribution in [2.24, 2.45) is 0 Å². The Bertz CT molecular complexity index is 495. The first-order valence-electron chi connectivity index (χ1n) is 5.04. The summed E-state index contributed by atoms with van der Waals surface area (Å²) >= 11 is 3.48. The third-order valence-electron chi connectivity index (χ3n) is 2.53. The minimum Gasteiger partial charge on any atom is -0.397 e. The lowest BCUT2D eigenvalue weighted by Crippen LogP contribution is -1.99. The van der Waals surface area contributed by atoms with Gasteiger partial charge in [0.2, 0.25) is 0 Å². The van der Waals surface area contributed by atoms with Crippen LogP contribution in [0.5, 0.6) is 0 Å². The van der Waals surface area contributed by atoms with Gasteiger partial charge in [0, 0.05) is 4.47 Å². The number of rotatable bonds is 2. The predicted octanol–water partition coefficient (Wildman–Crippen LogP) is 3.20. The zero-order chi connectivity index (χ0) is 11.5. The molecule has 0 aromatic heterocycles. The Morgan fingerprint density at radius 1 is 0.938 bits per heavy atom. The van der Waals surface area contributed by atoms with E-state index in [1.54, 1.807) is 0 Å². The number of nitrogens with two attached hydrogens (primary N) is 2. The van der Waals surface area contributed by atoms with Crippen LogP contribution in [0.25, 0.3) is 0 Å². The molecule has 3 heteroatoms. The van der Waals surface area contributed by atoms with E-state index >= 15 is 0 Å². The quantitative estimate of drug-likeness (QED) is 0.828. The van der Waals surface area contributed by atoms with Gasteiger partial charge in [0.05, 0.1) is 11.4 Å². The highest BCUT2D eigenvalue weighted by Gasteiger charge is 2.06. The van der Waals surface area contributed by atoms with E-state index in [9.17, 15) is 0 Å². The van der Waals surface area contributed by atoms with Crippen molar-refractivity contribution >= 4 is 27.3 Å². The molecule has 2 rings (SSSR count). The first-order valence-corrected chi connectivity index (χ1v) is 5.84. The topological polar surface area (TPSA) is 52.0 Å². The van der Waals surface area contributed by atoms with Crippen LogP contribution in [0.15, 0.2) is 46.9 Å². The fraction of sp³-hybridized carbons (Fsp3) is 0.0769. The van der Waals surface area contributed by atoms with Crippen LogP contribution in [0.1, 0.15) is 11.1 Å². The lowest BCUT2D eigenvalue weighted by Gasteiger charge is -2.09. The van der Waals surface area contributed by atoms with Crippen molar-refractivity contribution in [2.45, 2.75) is 6.42 Å². The number of benzene rings is 2. The molecule has 0 saturated carbocycles. The Balaban J connectivity index is 2.33. The van der Waals surface area contributed by atoms with Gasteiger partial charge in [-0.15, -0.1) is 0 Å². The van der Waals surface area contributed by atoms with Crippen LogP contribution in [0.4, 0.5) is 11.4 Å². The summed E-state index contributed by atoms with van der Waals surface area (Å²) < 4.78 is 0.899. The smallest absolute Gasteiger partial charge is 0.0695 e. The maximum atomic E-state index is 5.86. The predicted molar refractivity (Wildman–Crippen MR) is 72.2 cm³/mol. The maximum absolute atomic E-state index is 5.86. The van der Waals surface area contributed by atoms with E-state index in [1.807, 2.05) is 30.3 Å². The number of nitrogen functional groups attached to an aromatic ring is 2. The van der Waals surface area contributed by atoms with Crippen molar-refractivity contribution in [1.29, 1.82) is 0 Å². The van der Waals surface area contributed by atoms with Gasteiger partial charge in [0.1, 0.15) is 0 Å². The first-order chi connectivity index (χ1) is 7.68. The molecule has 4 N–H and O–H groups in total. The van der Waals surface area contributed by atoms with Gasteiger partial charge >= 0.3 is 0 Å². The highest BCUT2D eigenvalue weighted by atomic mass is 79.9. The van der Waals surface area contributed by atoms with Crippen LogP contribution in [-0.2, 0) is 6.42 Å². The molecule has 0 saturated heterocycles. The Labute approximate surface area is 103 Å². The van der Waals surface area contributed by atoms with Gasteiger partial charge in [-0.25, -0.2) is 0 Å². The van der Waals surface area contributed by atoms with Crippen molar-refractivity contribution in [3.63, 3.8) is 0 Å². The molecule has 2 aromatic rings. The standard InChI is InChI=1S/C13H13BrN2/c14-12-10(6-7-11(15)13(12)16)8-9-4-2-1-3-5-9/h1-7H,8,15-16H2. The number of anilines is 2. The zero-order valence-corrected chi connectivity index (χ0v) is 10.4. The average Bonchev–Trinajstić information content (AvgIpc) is 2.31. The lowest BCUT2D eigenvalue weighted by molar-refractivity contribution is 1.18. The number of hydrogen-bond acceptors (Lipinski definition) is 2. The molecule has 0 atom stereocenters. The van der Waals surface area contributed by atoms with Gasteiger partial charge in [0.25, 0.3) is 0 Å². The molecule has 0 unspecified atom stereocenters. The van der Waals surface area contributed by atoms with Gasteiger partial charge in [-0.1, -0.05) is 36.4 Å². The molecular formula is C13H13BrN2. The second-order valence-corrected chi connectivity index (χ2v) is 4.50. The van der Waals surface area contributed by atoms with E-state index in [0.717, 1.165) is 16.5 Å². The summed E-state index contributed by atoms with van der Waals surface area (Å²) in [4.78, 5) is 0. The van der Waals surface area contributed by atoms with Gasteiger partial charge in [-0.2, -0.15) is 0 Å². The van der Waals surface area contributed by atoms with Crippen LogP contribution >= 0.6 is 15.9 Å². The Morgan fingerprint density at radius 3 is 2.31 bits per heavy atom. The Morgan fingerprint density at radius 2 is 1.62 bits per heavy atom. The van der Waals surface area contributed by atoms with Crippen molar-refractivity contribution < 1.29 is 0 Å². The first kappa shape index (κ1) is 11.0. The van der Waals surface area contributed by atoms with Crippen molar-refractivity contribution in [2.75, 3.05) is 11.5 Å². The molecule has 16 heavy (non-hydrogen) atoms. The minimum atomic E-state index is 0.615. The van der Waals surface area contributed by atoms with Crippen molar-refractivity contribution in [1.82, 2.24) is 0 Å². The minimum absolute atomic E-state index is 0.615. The van der Waals surface area contributed by atoms with E-state index in [-0.39, 0.29) is 0 Å². The summed E-state index contributed by atoms with van der Waals surface area (Å²) in [5, 5.41) is 0. The van der Waals surface area contributed by atoms with Crippen LogP contribution in [0.3, 0.4) is 0 Å². The largest absolute Gasteiger partial charge is 0.397 e. The molecule has 0 aliphatic carbocycles. The normalized spacial score (nSPS) is 10.3. The third-order valence-corrected chi connectivity index (χ3v) is 3.47.